The number of aliphatic hydroxyl groups is 1. The van der Waals surface area contributed by atoms with E-state index in [0.29, 0.717) is 31.6 Å². The molecule has 2 saturated heterocycles. The molecule has 3 aliphatic heterocycles. The van der Waals surface area contributed by atoms with Crippen LogP contribution < -0.4 is 4.57 Å². The van der Waals surface area contributed by atoms with Gasteiger partial charge in [0.05, 0.1) is 6.10 Å². The second kappa shape index (κ2) is 7.25. The van der Waals surface area contributed by atoms with Crippen molar-refractivity contribution in [2.24, 2.45) is 5.92 Å². The van der Waals surface area contributed by atoms with Crippen molar-refractivity contribution in [3.63, 3.8) is 0 Å². The Hall–Kier alpha value is -1.76. The van der Waals surface area contributed by atoms with Crippen molar-refractivity contribution in [1.82, 2.24) is 0 Å². The van der Waals surface area contributed by atoms with Gasteiger partial charge in [0, 0.05) is 43.7 Å². The van der Waals surface area contributed by atoms with Crippen molar-refractivity contribution in [2.45, 2.75) is 82.5 Å². The largest absolute Gasteiger partial charge is 0.479 e. The van der Waals surface area contributed by atoms with E-state index in [1.807, 2.05) is 12.1 Å². The minimum Gasteiger partial charge on any atom is -0.479 e. The lowest BCUT2D eigenvalue weighted by atomic mass is 9.83. The van der Waals surface area contributed by atoms with E-state index in [-0.39, 0.29) is 5.92 Å². The number of aliphatic carboxylic acids is 1. The second-order valence-corrected chi connectivity index (χ2v) is 8.85. The third kappa shape index (κ3) is 3.49. The van der Waals surface area contributed by atoms with Gasteiger partial charge in [-0.05, 0) is 18.4 Å². The maximum Gasteiger partial charge on any atom is 0.333 e. The number of carboxylic acids is 1. The molecule has 6 atom stereocenters. The summed E-state index contributed by atoms with van der Waals surface area (Å²) in [6.45, 7) is 9.22. The zero-order valence-corrected chi connectivity index (χ0v) is 16.6. The Morgan fingerprint density at radius 3 is 2.89 bits per heavy atom. The zero-order chi connectivity index (χ0) is 20.1. The van der Waals surface area contributed by atoms with E-state index in [9.17, 15) is 15.0 Å². The van der Waals surface area contributed by atoms with Crippen LogP contribution in [0.15, 0.2) is 30.4 Å². The van der Waals surface area contributed by atoms with Crippen LogP contribution in [0.2, 0.25) is 0 Å². The fourth-order valence-corrected chi connectivity index (χ4v) is 5.14. The van der Waals surface area contributed by atoms with Crippen molar-refractivity contribution in [3.05, 3.63) is 41.7 Å². The molecule has 0 amide bonds. The van der Waals surface area contributed by atoms with E-state index in [0.717, 1.165) is 24.2 Å². The van der Waals surface area contributed by atoms with Gasteiger partial charge in [0.2, 0.25) is 5.69 Å². The van der Waals surface area contributed by atoms with Crippen LogP contribution in [-0.2, 0) is 20.8 Å². The van der Waals surface area contributed by atoms with Crippen LogP contribution in [0.25, 0.3) is 0 Å². The monoisotopic (exact) mass is 388 g/mol. The number of fused-ring (bicyclic) bond motifs is 1. The van der Waals surface area contributed by atoms with Crippen molar-refractivity contribution in [2.75, 3.05) is 0 Å². The van der Waals surface area contributed by atoms with Gasteiger partial charge in [-0.3, -0.25) is 0 Å². The van der Waals surface area contributed by atoms with Crippen LogP contribution in [0.3, 0.4) is 0 Å². The molecule has 1 spiro atoms. The molecular formula is C22H30NO5+. The molecule has 6 heteroatoms. The first-order valence-electron chi connectivity index (χ1n) is 10.2. The quantitative estimate of drug-likeness (QED) is 0.615. The second-order valence-electron chi connectivity index (χ2n) is 8.85. The van der Waals surface area contributed by atoms with E-state index in [1.54, 1.807) is 0 Å². The molecule has 4 rings (SSSR count). The lowest BCUT2D eigenvalue weighted by Crippen LogP contribution is -2.54. The standard InChI is InChI=1S/C22H29NO5/c1-13-9-18(20(24)17-6-4-5-16-15(3)7-8-23(16)17)27-22(11-13)12-14(2)10-19(28-22)21(25)26/h4-6,13,15,18-20,24H,2,7-12H2,1,3H3/p+1/t13-,15-,18+,19+,20-,22+/m0/s1. The summed E-state index contributed by atoms with van der Waals surface area (Å²) in [4.78, 5) is 11.5. The Morgan fingerprint density at radius 2 is 2.14 bits per heavy atom. The van der Waals surface area contributed by atoms with E-state index in [1.165, 1.54) is 5.69 Å². The van der Waals surface area contributed by atoms with Gasteiger partial charge >= 0.3 is 5.97 Å². The highest BCUT2D eigenvalue weighted by Gasteiger charge is 2.50. The molecule has 0 aromatic carbocycles. The van der Waals surface area contributed by atoms with Gasteiger partial charge < -0.3 is 19.7 Å². The maximum atomic E-state index is 11.5. The Bertz CT molecular complexity index is 793. The Labute approximate surface area is 165 Å². The number of nitrogens with zero attached hydrogens (tertiary/aromatic N) is 1. The molecule has 6 nitrogen and oxygen atoms in total. The van der Waals surface area contributed by atoms with Crippen LogP contribution in [0.4, 0.5) is 0 Å². The minimum atomic E-state index is -1.02. The third-order valence-corrected chi connectivity index (χ3v) is 6.39. The highest BCUT2D eigenvalue weighted by atomic mass is 16.7. The number of hydrogen-bond donors (Lipinski definition) is 2. The number of carboxylic acid groups (broad SMARTS) is 1. The normalized spacial score (nSPS) is 36.3. The van der Waals surface area contributed by atoms with Gasteiger partial charge in [0.25, 0.3) is 0 Å². The number of aromatic nitrogens is 1. The van der Waals surface area contributed by atoms with Crippen molar-refractivity contribution in [3.8, 4) is 0 Å². The topological polar surface area (TPSA) is 79.9 Å². The summed E-state index contributed by atoms with van der Waals surface area (Å²) in [6.07, 6.45) is 0.987. The fourth-order valence-electron chi connectivity index (χ4n) is 5.14. The number of aliphatic hydroxyl groups excluding tert-OH is 1. The summed E-state index contributed by atoms with van der Waals surface area (Å²) in [7, 11) is 0. The molecule has 3 aliphatic rings. The number of pyridine rings is 1. The highest BCUT2D eigenvalue weighted by Crippen LogP contribution is 2.45. The third-order valence-electron chi connectivity index (χ3n) is 6.39. The van der Waals surface area contributed by atoms with Crippen LogP contribution in [0.1, 0.15) is 69.4 Å². The van der Waals surface area contributed by atoms with Crippen LogP contribution >= 0.6 is 0 Å². The highest BCUT2D eigenvalue weighted by molar-refractivity contribution is 5.73. The SMILES string of the molecule is C=C1C[C@H](C(=O)O)O[C@@]2(C1)C[C@@H](C)C[C@H]([C@@H](O)c1cccc3[n+]1CC[C@@H]3C)O2. The van der Waals surface area contributed by atoms with E-state index in [2.05, 4.69) is 31.1 Å². The number of ether oxygens (including phenoxy) is 2. The Morgan fingerprint density at radius 1 is 1.36 bits per heavy atom. The van der Waals surface area contributed by atoms with Gasteiger partial charge in [-0.15, -0.1) is 0 Å². The van der Waals surface area contributed by atoms with E-state index >= 15 is 0 Å². The van der Waals surface area contributed by atoms with Crippen molar-refractivity contribution < 1.29 is 29.0 Å². The lowest BCUT2D eigenvalue weighted by Gasteiger charge is -2.48. The summed E-state index contributed by atoms with van der Waals surface area (Å²) in [5, 5.41) is 20.7. The maximum absolute atomic E-state index is 11.5. The first-order valence-corrected chi connectivity index (χ1v) is 10.2. The minimum absolute atomic E-state index is 0.245. The number of hydrogen-bond acceptors (Lipinski definition) is 4. The van der Waals surface area contributed by atoms with Gasteiger partial charge in [0.15, 0.2) is 23.7 Å². The summed E-state index contributed by atoms with van der Waals surface area (Å²) < 4.78 is 14.5. The molecule has 28 heavy (non-hydrogen) atoms. The summed E-state index contributed by atoms with van der Waals surface area (Å²) >= 11 is 0. The number of rotatable bonds is 3. The molecule has 1 aromatic rings. The van der Waals surface area contributed by atoms with Crippen molar-refractivity contribution >= 4 is 5.97 Å². The molecule has 2 N–H and O–H groups in total. The van der Waals surface area contributed by atoms with E-state index < -0.39 is 30.1 Å². The Kier molecular flexibility index (Phi) is 5.06. The molecule has 2 fully saturated rings. The van der Waals surface area contributed by atoms with Gasteiger partial charge in [-0.25, -0.2) is 4.79 Å². The van der Waals surface area contributed by atoms with Gasteiger partial charge in [0.1, 0.15) is 6.54 Å². The van der Waals surface area contributed by atoms with Crippen LogP contribution in [0, 0.1) is 5.92 Å². The van der Waals surface area contributed by atoms with Crippen LogP contribution in [-0.4, -0.2) is 34.2 Å². The average molecular weight is 388 g/mol. The van der Waals surface area contributed by atoms with Gasteiger partial charge in [-0.2, -0.15) is 4.57 Å². The summed E-state index contributed by atoms with van der Waals surface area (Å²) in [5.41, 5.74) is 2.92. The van der Waals surface area contributed by atoms with E-state index in [4.69, 9.17) is 9.47 Å². The summed E-state index contributed by atoms with van der Waals surface area (Å²) in [6, 6.07) is 6.07. The number of carbonyl (C=O) groups is 1. The van der Waals surface area contributed by atoms with Gasteiger partial charge in [-0.1, -0.05) is 26.0 Å². The first-order chi connectivity index (χ1) is 13.3. The first kappa shape index (κ1) is 19.6. The molecular weight excluding hydrogens is 358 g/mol. The fraction of sp³-hybridized carbons (Fsp3) is 0.636. The summed E-state index contributed by atoms with van der Waals surface area (Å²) in [5.74, 6) is -1.29. The average Bonchev–Trinajstić information content (AvgIpc) is 3.01. The molecule has 152 valence electrons. The molecule has 4 heterocycles. The molecule has 0 unspecified atom stereocenters. The lowest BCUT2D eigenvalue weighted by molar-refractivity contribution is -0.702. The predicted molar refractivity (Wildman–Crippen MR) is 102 cm³/mol. The van der Waals surface area contributed by atoms with Crippen LogP contribution in [0.5, 0.6) is 0 Å². The smallest absolute Gasteiger partial charge is 0.333 e. The zero-order valence-electron chi connectivity index (χ0n) is 16.6. The van der Waals surface area contributed by atoms with Crippen molar-refractivity contribution in [1.29, 1.82) is 0 Å². The molecule has 0 radical (unpaired) electrons. The molecule has 0 saturated carbocycles. The Balaban J connectivity index is 1.61. The molecule has 1 aromatic heterocycles. The molecule has 0 aliphatic carbocycles. The predicted octanol–water partition coefficient (Wildman–Crippen LogP) is 2.85. The molecule has 0 bridgehead atoms.